The summed E-state index contributed by atoms with van der Waals surface area (Å²) >= 11 is 0. The molecule has 82 valence electrons. The van der Waals surface area contributed by atoms with E-state index in [2.05, 4.69) is 31.3 Å². The standard InChI is InChI=1S/C13H20N2/c1-5-12(15-4)8-11-6-10(3)13(14)7-9(11)2/h6-8,15H,5,14H2,1-4H3/b12-8+. The molecule has 2 nitrogen and oxygen atoms in total. The van der Waals surface area contributed by atoms with Gasteiger partial charge in [-0.1, -0.05) is 6.92 Å². The van der Waals surface area contributed by atoms with Gasteiger partial charge in [0.05, 0.1) is 0 Å². The molecule has 0 aliphatic carbocycles. The molecule has 0 atom stereocenters. The Bertz CT molecular complexity index is 372. The van der Waals surface area contributed by atoms with Crippen molar-refractivity contribution < 1.29 is 0 Å². The summed E-state index contributed by atoms with van der Waals surface area (Å²) in [6.07, 6.45) is 3.20. The van der Waals surface area contributed by atoms with Gasteiger partial charge in [0.15, 0.2) is 0 Å². The van der Waals surface area contributed by atoms with Crippen LogP contribution in [0.1, 0.15) is 30.0 Å². The van der Waals surface area contributed by atoms with Crippen molar-refractivity contribution in [2.75, 3.05) is 12.8 Å². The van der Waals surface area contributed by atoms with Gasteiger partial charge in [0.1, 0.15) is 0 Å². The average molecular weight is 204 g/mol. The lowest BCUT2D eigenvalue weighted by Crippen LogP contribution is -2.04. The van der Waals surface area contributed by atoms with Crippen molar-refractivity contribution in [1.29, 1.82) is 0 Å². The van der Waals surface area contributed by atoms with Gasteiger partial charge in [-0.3, -0.25) is 0 Å². The Morgan fingerprint density at radius 2 is 2.00 bits per heavy atom. The first kappa shape index (κ1) is 11.6. The van der Waals surface area contributed by atoms with E-state index in [1.807, 2.05) is 20.0 Å². The molecular formula is C13H20N2. The second-order valence-electron chi connectivity index (χ2n) is 3.84. The first-order valence-corrected chi connectivity index (χ1v) is 5.33. The lowest BCUT2D eigenvalue weighted by Gasteiger charge is -2.08. The molecule has 2 heteroatoms. The summed E-state index contributed by atoms with van der Waals surface area (Å²) in [4.78, 5) is 0. The average Bonchev–Trinajstić information content (AvgIpc) is 2.21. The van der Waals surface area contributed by atoms with Crippen LogP contribution in [-0.4, -0.2) is 7.05 Å². The molecule has 1 rings (SSSR count). The van der Waals surface area contributed by atoms with Gasteiger partial charge in [0.2, 0.25) is 0 Å². The predicted molar refractivity (Wildman–Crippen MR) is 67.7 cm³/mol. The second kappa shape index (κ2) is 4.87. The van der Waals surface area contributed by atoms with Crippen molar-refractivity contribution >= 4 is 11.8 Å². The van der Waals surface area contributed by atoms with Crippen molar-refractivity contribution in [2.45, 2.75) is 27.2 Å². The molecule has 3 N–H and O–H groups in total. The lowest BCUT2D eigenvalue weighted by molar-refractivity contribution is 0.911. The number of nitrogen functional groups attached to an aromatic ring is 1. The highest BCUT2D eigenvalue weighted by atomic mass is 14.8. The Hall–Kier alpha value is -1.44. The number of benzene rings is 1. The number of anilines is 1. The summed E-state index contributed by atoms with van der Waals surface area (Å²) in [5.41, 5.74) is 11.6. The van der Waals surface area contributed by atoms with Gasteiger partial charge >= 0.3 is 0 Å². The van der Waals surface area contributed by atoms with Gasteiger partial charge in [0, 0.05) is 18.4 Å². The molecule has 0 aromatic heterocycles. The highest BCUT2D eigenvalue weighted by Crippen LogP contribution is 2.20. The van der Waals surface area contributed by atoms with Crippen molar-refractivity contribution in [3.8, 4) is 0 Å². The highest BCUT2D eigenvalue weighted by molar-refractivity contribution is 5.62. The quantitative estimate of drug-likeness (QED) is 0.743. The summed E-state index contributed by atoms with van der Waals surface area (Å²) in [5.74, 6) is 0. The molecule has 0 saturated heterocycles. The second-order valence-corrected chi connectivity index (χ2v) is 3.84. The first-order chi connectivity index (χ1) is 7.08. The third-order valence-corrected chi connectivity index (χ3v) is 2.69. The van der Waals surface area contributed by atoms with Crippen LogP contribution in [0.4, 0.5) is 5.69 Å². The van der Waals surface area contributed by atoms with Gasteiger partial charge in [-0.15, -0.1) is 0 Å². The molecule has 0 bridgehead atoms. The molecule has 0 radical (unpaired) electrons. The topological polar surface area (TPSA) is 38.0 Å². The maximum atomic E-state index is 5.85. The fourth-order valence-corrected chi connectivity index (χ4v) is 1.56. The molecule has 15 heavy (non-hydrogen) atoms. The normalized spacial score (nSPS) is 11.6. The molecule has 0 unspecified atom stereocenters. The minimum atomic E-state index is 0.868. The summed E-state index contributed by atoms with van der Waals surface area (Å²) < 4.78 is 0. The summed E-state index contributed by atoms with van der Waals surface area (Å²) in [6, 6.07) is 4.17. The molecule has 0 spiro atoms. The van der Waals surface area contributed by atoms with E-state index in [9.17, 15) is 0 Å². The summed E-state index contributed by atoms with van der Waals surface area (Å²) in [5, 5.41) is 3.19. The van der Waals surface area contributed by atoms with E-state index in [0.717, 1.165) is 17.7 Å². The van der Waals surface area contributed by atoms with Crippen LogP contribution in [-0.2, 0) is 0 Å². The zero-order valence-electron chi connectivity index (χ0n) is 10.0. The number of nitrogens with one attached hydrogen (secondary N) is 1. The van der Waals surface area contributed by atoms with Gasteiger partial charge in [-0.05, 0) is 55.2 Å². The fraction of sp³-hybridized carbons (Fsp3) is 0.385. The van der Waals surface area contributed by atoms with Crippen LogP contribution < -0.4 is 11.1 Å². The van der Waals surface area contributed by atoms with Gasteiger partial charge < -0.3 is 11.1 Å². The van der Waals surface area contributed by atoms with Crippen molar-refractivity contribution in [1.82, 2.24) is 5.32 Å². The molecule has 0 amide bonds. The monoisotopic (exact) mass is 204 g/mol. The van der Waals surface area contributed by atoms with E-state index in [4.69, 9.17) is 5.73 Å². The number of hydrogen-bond acceptors (Lipinski definition) is 2. The van der Waals surface area contributed by atoms with E-state index in [1.54, 1.807) is 0 Å². The van der Waals surface area contributed by atoms with Crippen LogP contribution >= 0.6 is 0 Å². The molecule has 0 fully saturated rings. The zero-order chi connectivity index (χ0) is 11.4. The number of hydrogen-bond donors (Lipinski definition) is 2. The number of aryl methyl sites for hydroxylation is 2. The van der Waals surface area contributed by atoms with Crippen molar-refractivity contribution in [3.63, 3.8) is 0 Å². The smallest absolute Gasteiger partial charge is 0.0346 e. The minimum Gasteiger partial charge on any atom is -0.399 e. The Morgan fingerprint density at radius 1 is 1.33 bits per heavy atom. The van der Waals surface area contributed by atoms with Crippen LogP contribution in [0.5, 0.6) is 0 Å². The van der Waals surface area contributed by atoms with Crippen LogP contribution in [0.25, 0.3) is 6.08 Å². The molecular weight excluding hydrogens is 184 g/mol. The maximum Gasteiger partial charge on any atom is 0.0346 e. The molecule has 0 saturated carbocycles. The van der Waals surface area contributed by atoms with Gasteiger partial charge in [-0.25, -0.2) is 0 Å². The Balaban J connectivity index is 3.15. The van der Waals surface area contributed by atoms with E-state index >= 15 is 0 Å². The predicted octanol–water partition coefficient (Wildman–Crippen LogP) is 2.86. The zero-order valence-corrected chi connectivity index (χ0v) is 10.0. The SMILES string of the molecule is CC/C(=C\c1cc(C)c(N)cc1C)NC. The lowest BCUT2D eigenvalue weighted by atomic mass is 10.0. The molecule has 0 aliphatic rings. The van der Waals surface area contributed by atoms with Crippen LogP contribution in [0, 0.1) is 13.8 Å². The first-order valence-electron chi connectivity index (χ1n) is 5.33. The van der Waals surface area contributed by atoms with Gasteiger partial charge in [-0.2, -0.15) is 0 Å². The van der Waals surface area contributed by atoms with E-state index in [-0.39, 0.29) is 0 Å². The van der Waals surface area contributed by atoms with Crippen LogP contribution in [0.3, 0.4) is 0 Å². The third kappa shape index (κ3) is 2.75. The summed E-state index contributed by atoms with van der Waals surface area (Å²) in [6.45, 7) is 6.27. The number of nitrogens with two attached hydrogens (primary N) is 1. The highest BCUT2D eigenvalue weighted by Gasteiger charge is 2.00. The van der Waals surface area contributed by atoms with Crippen molar-refractivity contribution in [3.05, 3.63) is 34.5 Å². The van der Waals surface area contributed by atoms with Gasteiger partial charge in [0.25, 0.3) is 0 Å². The van der Waals surface area contributed by atoms with E-state index < -0.39 is 0 Å². The Morgan fingerprint density at radius 3 is 2.53 bits per heavy atom. The molecule has 0 aliphatic heterocycles. The molecule has 0 heterocycles. The molecule has 1 aromatic rings. The van der Waals surface area contributed by atoms with Crippen LogP contribution in [0.15, 0.2) is 17.8 Å². The van der Waals surface area contributed by atoms with Crippen molar-refractivity contribution in [2.24, 2.45) is 0 Å². The largest absolute Gasteiger partial charge is 0.399 e. The third-order valence-electron chi connectivity index (χ3n) is 2.69. The number of allylic oxidation sites excluding steroid dienone is 1. The Kier molecular flexibility index (Phi) is 3.78. The maximum absolute atomic E-state index is 5.85. The van der Waals surface area contributed by atoms with Crippen LogP contribution in [0.2, 0.25) is 0 Å². The Labute approximate surface area is 92.2 Å². The molecule has 1 aromatic carbocycles. The summed E-state index contributed by atoms with van der Waals surface area (Å²) in [7, 11) is 1.95. The fourth-order valence-electron chi connectivity index (χ4n) is 1.56. The van der Waals surface area contributed by atoms with E-state index in [1.165, 1.54) is 16.8 Å². The van der Waals surface area contributed by atoms with E-state index in [0.29, 0.717) is 0 Å². The number of rotatable bonds is 3. The minimum absolute atomic E-state index is 0.868.